The van der Waals surface area contributed by atoms with Crippen LogP contribution < -0.4 is 0 Å². The molecule has 0 radical (unpaired) electrons. The Labute approximate surface area is 214 Å². The molecule has 0 amide bonds. The normalized spacial score (nSPS) is 33.4. The number of ketones is 3. The summed E-state index contributed by atoms with van der Waals surface area (Å²) in [6, 6.07) is 2.22. The summed E-state index contributed by atoms with van der Waals surface area (Å²) in [5, 5.41) is 57.1. The van der Waals surface area contributed by atoms with E-state index in [0.717, 1.165) is 31.8 Å². The van der Waals surface area contributed by atoms with Crippen molar-refractivity contribution in [3.8, 4) is 5.75 Å². The van der Waals surface area contributed by atoms with Gasteiger partial charge >= 0.3 is 0 Å². The predicted molar refractivity (Wildman–Crippen MR) is 134 cm³/mol. The minimum atomic E-state index is -2.83. The number of rotatable bonds is 3. The van der Waals surface area contributed by atoms with E-state index < -0.39 is 69.9 Å². The van der Waals surface area contributed by atoms with Crippen LogP contribution in [0, 0.1) is 11.8 Å². The van der Waals surface area contributed by atoms with Crippen molar-refractivity contribution in [1.82, 2.24) is 4.90 Å². The molecule has 0 saturated heterocycles. The Morgan fingerprint density at radius 3 is 2.38 bits per heavy atom. The van der Waals surface area contributed by atoms with Crippen LogP contribution in [0.3, 0.4) is 0 Å². The van der Waals surface area contributed by atoms with Gasteiger partial charge in [0.05, 0.1) is 23.6 Å². The molecule has 4 aliphatic rings. The zero-order valence-electron chi connectivity index (χ0n) is 21.1. The molecular weight excluding hydrogens is 478 g/mol. The number of aliphatic hydroxyl groups is 4. The summed E-state index contributed by atoms with van der Waals surface area (Å²) in [7, 11) is 3.03. The molecule has 196 valence electrons. The molecular formula is C28H31NO8. The molecule has 0 heterocycles. The molecule has 0 spiro atoms. The zero-order valence-corrected chi connectivity index (χ0v) is 21.1. The molecule has 9 heteroatoms. The third-order valence-corrected chi connectivity index (χ3v) is 8.62. The van der Waals surface area contributed by atoms with Gasteiger partial charge in [-0.05, 0) is 57.3 Å². The Balaban J connectivity index is 1.78. The molecule has 0 aromatic heterocycles. The number of aromatic hydroxyl groups is 1. The number of carbonyl (C=O) groups is 3. The summed E-state index contributed by atoms with van der Waals surface area (Å²) in [4.78, 5) is 41.0. The lowest BCUT2D eigenvalue weighted by Crippen LogP contribution is -2.70. The fourth-order valence-corrected chi connectivity index (χ4v) is 6.89. The van der Waals surface area contributed by atoms with Gasteiger partial charge in [0.1, 0.15) is 22.8 Å². The first kappa shape index (κ1) is 25.4. The van der Waals surface area contributed by atoms with Gasteiger partial charge in [0.2, 0.25) is 5.78 Å². The average molecular weight is 510 g/mol. The van der Waals surface area contributed by atoms with Crippen molar-refractivity contribution < 1.29 is 39.9 Å². The third-order valence-electron chi connectivity index (χ3n) is 8.62. The molecule has 0 aliphatic heterocycles. The molecule has 0 bridgehead atoms. The smallest absolute Gasteiger partial charge is 0.202 e. The number of hydrogen-bond acceptors (Lipinski definition) is 9. The largest absolute Gasteiger partial charge is 0.508 e. The first-order valence-electron chi connectivity index (χ1n) is 12.4. The number of aliphatic hydroxyl groups excluding tert-OH is 3. The predicted octanol–water partition coefficient (Wildman–Crippen LogP) is 2.17. The van der Waals surface area contributed by atoms with Crippen molar-refractivity contribution in [3.63, 3.8) is 0 Å². The molecule has 9 nitrogen and oxygen atoms in total. The first-order valence-corrected chi connectivity index (χ1v) is 12.4. The number of carbonyl (C=O) groups excluding carboxylic acids is 3. The molecule has 5 rings (SSSR count). The lowest BCUT2D eigenvalue weighted by atomic mass is 9.54. The molecule has 37 heavy (non-hydrogen) atoms. The molecule has 1 fully saturated rings. The van der Waals surface area contributed by atoms with Crippen molar-refractivity contribution in [1.29, 1.82) is 0 Å². The van der Waals surface area contributed by atoms with Gasteiger partial charge in [0, 0.05) is 17.1 Å². The summed E-state index contributed by atoms with van der Waals surface area (Å²) in [5.74, 6) is -7.81. The van der Waals surface area contributed by atoms with Crippen LogP contribution >= 0.6 is 0 Å². The number of fused-ring (bicyclic) bond motifs is 3. The number of benzene rings is 1. The fraction of sp³-hybridized carbons (Fsp3) is 0.464. The molecule has 4 aliphatic carbocycles. The van der Waals surface area contributed by atoms with E-state index in [1.165, 1.54) is 19.0 Å². The van der Waals surface area contributed by atoms with Gasteiger partial charge in [-0.1, -0.05) is 25.1 Å². The van der Waals surface area contributed by atoms with E-state index in [2.05, 4.69) is 0 Å². The molecule has 5 N–H and O–H groups in total. The van der Waals surface area contributed by atoms with Gasteiger partial charge in [-0.15, -0.1) is 0 Å². The van der Waals surface area contributed by atoms with Gasteiger partial charge in [-0.3, -0.25) is 19.3 Å². The van der Waals surface area contributed by atoms with Crippen LogP contribution in [0.1, 0.15) is 55.7 Å². The minimum Gasteiger partial charge on any atom is -0.508 e. The summed E-state index contributed by atoms with van der Waals surface area (Å²) < 4.78 is 0. The highest BCUT2D eigenvalue weighted by Gasteiger charge is 2.68. The highest BCUT2D eigenvalue weighted by Crippen LogP contribution is 2.56. The highest BCUT2D eigenvalue weighted by atomic mass is 16.4. The highest BCUT2D eigenvalue weighted by molar-refractivity contribution is 6.25. The Hall–Kier alpha value is -3.27. The van der Waals surface area contributed by atoms with E-state index in [1.54, 1.807) is 19.1 Å². The van der Waals surface area contributed by atoms with E-state index in [9.17, 15) is 39.9 Å². The zero-order chi connectivity index (χ0) is 27.1. The van der Waals surface area contributed by atoms with Crippen molar-refractivity contribution in [2.24, 2.45) is 11.8 Å². The number of hydrogen-bond donors (Lipinski definition) is 5. The van der Waals surface area contributed by atoms with Crippen LogP contribution in [0.25, 0.3) is 11.3 Å². The standard InChI is InChI=1S/C28H31NO8/c1-11-14-9-10-15(13-7-5-6-8-13)22(31)18(14)23(32)19-16(11)24(33)20-21(29(3)4)25(34)17(12(2)30)26(35)28(20,37)27(19)36/h7,9-11,16,20-21,24,31-33,35,37H,5-6,8H2,1-4H3/t11-,16?,20?,21-,24-,28+/m0/s1. The number of phenolic OH excluding ortho intramolecular Hbond substituents is 1. The Bertz CT molecular complexity index is 1350. The van der Waals surface area contributed by atoms with Gasteiger partial charge < -0.3 is 25.5 Å². The number of Topliss-reactive ketones (excluding diaryl/α,β-unsaturated/α-hetero) is 3. The van der Waals surface area contributed by atoms with Gasteiger partial charge in [-0.25, -0.2) is 0 Å². The average Bonchev–Trinajstić information content (AvgIpc) is 3.35. The molecule has 1 saturated carbocycles. The lowest BCUT2D eigenvalue weighted by molar-refractivity contribution is -0.169. The summed E-state index contributed by atoms with van der Waals surface area (Å²) in [6.45, 7) is 2.77. The van der Waals surface area contributed by atoms with Gasteiger partial charge in [-0.2, -0.15) is 0 Å². The van der Waals surface area contributed by atoms with E-state index in [0.29, 0.717) is 11.1 Å². The summed E-state index contributed by atoms with van der Waals surface area (Å²) in [5.41, 5.74) is -1.88. The van der Waals surface area contributed by atoms with Crippen molar-refractivity contribution in [2.45, 2.75) is 56.8 Å². The quantitative estimate of drug-likeness (QED) is 0.385. The number of allylic oxidation sites excluding steroid dienone is 2. The maximum absolute atomic E-state index is 14.0. The van der Waals surface area contributed by atoms with E-state index >= 15 is 0 Å². The molecule has 2 unspecified atom stereocenters. The Morgan fingerprint density at radius 2 is 1.81 bits per heavy atom. The summed E-state index contributed by atoms with van der Waals surface area (Å²) >= 11 is 0. The van der Waals surface area contributed by atoms with Crippen LogP contribution in [0.15, 0.2) is 35.1 Å². The van der Waals surface area contributed by atoms with Crippen molar-refractivity contribution >= 4 is 28.7 Å². The van der Waals surface area contributed by atoms with E-state index in [-0.39, 0.29) is 16.9 Å². The van der Waals surface area contributed by atoms with Crippen molar-refractivity contribution in [3.05, 3.63) is 51.8 Å². The Kier molecular flexibility index (Phi) is 5.74. The third kappa shape index (κ3) is 3.17. The summed E-state index contributed by atoms with van der Waals surface area (Å²) in [6.07, 6.45) is 3.01. The SMILES string of the molecule is CC(=O)C1=C(O)[C@@]2(O)C(=O)C3=C(O)c4c(ccc(C5=CCCC5)c4O)[C@H](C)C3[C@H](O)C2[C@H](N(C)C)C1=O. The fourth-order valence-electron chi connectivity index (χ4n) is 6.89. The van der Waals surface area contributed by atoms with Crippen LogP contribution in [-0.4, -0.2) is 79.6 Å². The monoisotopic (exact) mass is 509 g/mol. The second kappa shape index (κ2) is 8.37. The van der Waals surface area contributed by atoms with Crippen molar-refractivity contribution in [2.75, 3.05) is 14.1 Å². The minimum absolute atomic E-state index is 0.0398. The molecule has 1 aromatic rings. The second-order valence-electron chi connectivity index (χ2n) is 10.8. The van der Waals surface area contributed by atoms with Gasteiger partial charge in [0.15, 0.2) is 17.2 Å². The van der Waals surface area contributed by atoms with E-state index in [4.69, 9.17) is 0 Å². The second-order valence-corrected chi connectivity index (χ2v) is 10.8. The van der Waals surface area contributed by atoms with Crippen LogP contribution in [0.2, 0.25) is 0 Å². The molecule has 6 atom stereocenters. The van der Waals surface area contributed by atoms with E-state index in [1.807, 2.05) is 6.08 Å². The maximum Gasteiger partial charge on any atom is 0.202 e. The number of likely N-dealkylation sites (N-methyl/N-ethyl adjacent to an activating group) is 1. The first-order chi connectivity index (χ1) is 17.3. The van der Waals surface area contributed by atoms with Crippen LogP contribution in [0.4, 0.5) is 0 Å². The number of phenols is 1. The van der Waals surface area contributed by atoms with Crippen LogP contribution in [0.5, 0.6) is 5.75 Å². The topological polar surface area (TPSA) is 156 Å². The van der Waals surface area contributed by atoms with Gasteiger partial charge in [0.25, 0.3) is 0 Å². The lowest BCUT2D eigenvalue weighted by Gasteiger charge is -2.53. The maximum atomic E-state index is 14.0. The van der Waals surface area contributed by atoms with Crippen LogP contribution in [-0.2, 0) is 14.4 Å². The molecule has 1 aromatic carbocycles. The number of nitrogens with zero attached hydrogens (tertiary/aromatic N) is 1. The Morgan fingerprint density at radius 1 is 1.14 bits per heavy atom.